The van der Waals surface area contributed by atoms with Crippen molar-refractivity contribution < 1.29 is 5.11 Å². The second-order valence-corrected chi connectivity index (χ2v) is 6.76. The van der Waals surface area contributed by atoms with Gasteiger partial charge >= 0.3 is 0 Å². The van der Waals surface area contributed by atoms with E-state index in [0.717, 1.165) is 18.6 Å². The monoisotopic (exact) mass is 322 g/mol. The molecule has 1 unspecified atom stereocenters. The first kappa shape index (κ1) is 14.5. The fourth-order valence-electron chi connectivity index (χ4n) is 2.49. The molecule has 110 valence electrons. The Balaban J connectivity index is 2.02. The van der Waals surface area contributed by atoms with Gasteiger partial charge in [0.05, 0.1) is 5.25 Å². The fraction of sp³-hybridized carbons (Fsp3) is 0.333. The first-order chi connectivity index (χ1) is 10.1. The fourth-order valence-corrected chi connectivity index (χ4v) is 3.94. The number of nitrogens with one attached hydrogen (secondary N) is 1. The number of thioether (sulfide) groups is 1. The molecule has 3 rings (SSSR count). The summed E-state index contributed by atoms with van der Waals surface area (Å²) < 4.78 is 0. The zero-order valence-electron chi connectivity index (χ0n) is 11.3. The van der Waals surface area contributed by atoms with Crippen molar-refractivity contribution >= 4 is 23.4 Å². The van der Waals surface area contributed by atoms with Gasteiger partial charge in [-0.2, -0.15) is 16.7 Å². The van der Waals surface area contributed by atoms with Crippen LogP contribution in [0.3, 0.4) is 0 Å². The lowest BCUT2D eigenvalue weighted by Crippen LogP contribution is -2.17. The lowest BCUT2D eigenvalue weighted by molar-refractivity contribution is 0.448. The Labute approximate surface area is 131 Å². The molecule has 2 N–H and O–H groups in total. The Morgan fingerprint density at radius 3 is 2.90 bits per heavy atom. The average Bonchev–Trinajstić information content (AvgIpc) is 2.47. The molecule has 0 aliphatic carbocycles. The van der Waals surface area contributed by atoms with Crippen LogP contribution in [0.2, 0.25) is 5.02 Å². The summed E-state index contributed by atoms with van der Waals surface area (Å²) in [6.45, 7) is 0. The summed E-state index contributed by atoms with van der Waals surface area (Å²) in [5, 5.41) is 10.8. The molecule has 1 atom stereocenters. The van der Waals surface area contributed by atoms with Crippen molar-refractivity contribution in [3.8, 4) is 17.0 Å². The highest BCUT2D eigenvalue weighted by Crippen LogP contribution is 2.37. The maximum Gasteiger partial charge on any atom is 0.262 e. The molecular weight excluding hydrogens is 308 g/mol. The smallest absolute Gasteiger partial charge is 0.262 e. The first-order valence-electron chi connectivity index (χ1n) is 6.86. The number of halogens is 1. The van der Waals surface area contributed by atoms with E-state index in [-0.39, 0.29) is 22.3 Å². The maximum atomic E-state index is 12.3. The molecule has 21 heavy (non-hydrogen) atoms. The third kappa shape index (κ3) is 3.09. The standard InChI is InChI=1S/C15H15ClN2O2S/c16-10-5-3-4-9(8-10)12-14(19)17-13(18-15(12)20)11-6-1-2-7-21-11/h3-5,8,11H,1-2,6-7H2,(H2,17,18,19,20). The number of H-pyrrole nitrogens is 1. The van der Waals surface area contributed by atoms with Gasteiger partial charge in [-0.05, 0) is 36.3 Å². The van der Waals surface area contributed by atoms with Gasteiger partial charge in [0.1, 0.15) is 11.4 Å². The lowest BCUT2D eigenvalue weighted by Gasteiger charge is -2.20. The molecule has 1 saturated heterocycles. The van der Waals surface area contributed by atoms with E-state index in [1.165, 1.54) is 6.42 Å². The number of hydrogen-bond acceptors (Lipinski definition) is 4. The zero-order chi connectivity index (χ0) is 14.8. The van der Waals surface area contributed by atoms with Gasteiger partial charge in [-0.15, -0.1) is 0 Å². The number of aromatic amines is 1. The number of hydrogen-bond donors (Lipinski definition) is 2. The first-order valence-corrected chi connectivity index (χ1v) is 8.28. The molecule has 1 aromatic heterocycles. The molecule has 1 aliphatic heterocycles. The van der Waals surface area contributed by atoms with Gasteiger partial charge in [0.25, 0.3) is 5.56 Å². The van der Waals surface area contributed by atoms with Crippen molar-refractivity contribution in [3.05, 3.63) is 45.5 Å². The molecule has 0 saturated carbocycles. The SMILES string of the molecule is O=c1[nH]c(C2CCCCS2)nc(O)c1-c1cccc(Cl)c1. The van der Waals surface area contributed by atoms with Crippen LogP contribution >= 0.6 is 23.4 Å². The van der Waals surface area contributed by atoms with E-state index >= 15 is 0 Å². The van der Waals surface area contributed by atoms with Gasteiger partial charge in [-0.1, -0.05) is 30.2 Å². The molecule has 1 fully saturated rings. The van der Waals surface area contributed by atoms with E-state index < -0.39 is 0 Å². The minimum atomic E-state index is -0.328. The Hall–Kier alpha value is -1.46. The summed E-state index contributed by atoms with van der Waals surface area (Å²) in [4.78, 5) is 19.3. The van der Waals surface area contributed by atoms with Gasteiger partial charge in [0, 0.05) is 5.02 Å². The zero-order valence-corrected chi connectivity index (χ0v) is 12.9. The second kappa shape index (κ2) is 6.12. The summed E-state index contributed by atoms with van der Waals surface area (Å²) in [5.74, 6) is 1.39. The van der Waals surface area contributed by atoms with Crippen molar-refractivity contribution in [2.24, 2.45) is 0 Å². The molecule has 0 amide bonds. The Bertz CT molecular complexity index is 711. The highest BCUT2D eigenvalue weighted by atomic mass is 35.5. The predicted molar refractivity (Wildman–Crippen MR) is 86.0 cm³/mol. The third-order valence-electron chi connectivity index (χ3n) is 3.52. The number of rotatable bonds is 2. The van der Waals surface area contributed by atoms with Gasteiger partial charge in [0.2, 0.25) is 5.88 Å². The van der Waals surface area contributed by atoms with Crippen LogP contribution in [0.1, 0.15) is 30.3 Å². The van der Waals surface area contributed by atoms with Crippen molar-refractivity contribution in [2.45, 2.75) is 24.5 Å². The molecule has 1 aromatic carbocycles. The van der Waals surface area contributed by atoms with Crippen LogP contribution in [0, 0.1) is 0 Å². The minimum Gasteiger partial charge on any atom is -0.493 e. The Morgan fingerprint density at radius 1 is 1.38 bits per heavy atom. The van der Waals surface area contributed by atoms with Crippen LogP contribution in [0.5, 0.6) is 5.88 Å². The summed E-state index contributed by atoms with van der Waals surface area (Å²) in [6.07, 6.45) is 3.29. The Kier molecular flexibility index (Phi) is 4.22. The van der Waals surface area contributed by atoms with Crippen molar-refractivity contribution in [3.63, 3.8) is 0 Å². The largest absolute Gasteiger partial charge is 0.493 e. The number of benzene rings is 1. The maximum absolute atomic E-state index is 12.3. The van der Waals surface area contributed by atoms with Gasteiger partial charge in [-0.3, -0.25) is 4.79 Å². The van der Waals surface area contributed by atoms with Gasteiger partial charge in [-0.25, -0.2) is 0 Å². The van der Waals surface area contributed by atoms with E-state index in [1.807, 2.05) is 0 Å². The van der Waals surface area contributed by atoms with Crippen molar-refractivity contribution in [1.29, 1.82) is 0 Å². The molecule has 4 nitrogen and oxygen atoms in total. The predicted octanol–water partition coefficient (Wildman–Crippen LogP) is 3.75. The Morgan fingerprint density at radius 2 is 2.24 bits per heavy atom. The van der Waals surface area contributed by atoms with Gasteiger partial charge in [0.15, 0.2) is 0 Å². The third-order valence-corrected chi connectivity index (χ3v) is 5.14. The second-order valence-electron chi connectivity index (χ2n) is 5.02. The van der Waals surface area contributed by atoms with Crippen LogP contribution in [0.15, 0.2) is 29.1 Å². The molecule has 6 heteroatoms. The topological polar surface area (TPSA) is 66.0 Å². The molecular formula is C15H15ClN2O2S. The molecule has 0 spiro atoms. The quantitative estimate of drug-likeness (QED) is 0.883. The summed E-state index contributed by atoms with van der Waals surface area (Å²) in [7, 11) is 0. The van der Waals surface area contributed by atoms with E-state index in [2.05, 4.69) is 9.97 Å². The molecule has 0 bridgehead atoms. The van der Waals surface area contributed by atoms with Crippen molar-refractivity contribution in [1.82, 2.24) is 9.97 Å². The summed E-state index contributed by atoms with van der Waals surface area (Å²) in [6, 6.07) is 6.83. The van der Waals surface area contributed by atoms with E-state index in [0.29, 0.717) is 16.4 Å². The molecule has 2 heterocycles. The highest BCUT2D eigenvalue weighted by molar-refractivity contribution is 7.99. The highest BCUT2D eigenvalue weighted by Gasteiger charge is 2.21. The van der Waals surface area contributed by atoms with E-state index in [4.69, 9.17) is 11.6 Å². The van der Waals surface area contributed by atoms with Crippen LogP contribution in [-0.2, 0) is 0 Å². The van der Waals surface area contributed by atoms with Crippen LogP contribution in [-0.4, -0.2) is 20.8 Å². The van der Waals surface area contributed by atoms with E-state index in [9.17, 15) is 9.90 Å². The van der Waals surface area contributed by atoms with Crippen LogP contribution in [0.25, 0.3) is 11.1 Å². The lowest BCUT2D eigenvalue weighted by atomic mass is 10.1. The van der Waals surface area contributed by atoms with E-state index in [1.54, 1.807) is 36.0 Å². The molecule has 2 aromatic rings. The number of nitrogens with zero attached hydrogens (tertiary/aromatic N) is 1. The number of aromatic nitrogens is 2. The minimum absolute atomic E-state index is 0.158. The molecule has 1 aliphatic rings. The van der Waals surface area contributed by atoms with Crippen LogP contribution in [0.4, 0.5) is 0 Å². The number of aromatic hydroxyl groups is 1. The van der Waals surface area contributed by atoms with Crippen LogP contribution < -0.4 is 5.56 Å². The average molecular weight is 323 g/mol. The van der Waals surface area contributed by atoms with Crippen molar-refractivity contribution in [2.75, 3.05) is 5.75 Å². The molecule has 0 radical (unpaired) electrons. The summed E-state index contributed by atoms with van der Waals surface area (Å²) >= 11 is 7.71. The van der Waals surface area contributed by atoms with Gasteiger partial charge < -0.3 is 10.1 Å². The summed E-state index contributed by atoms with van der Waals surface area (Å²) in [5.41, 5.74) is 0.407. The normalized spacial score (nSPS) is 18.6.